The second-order valence-electron chi connectivity index (χ2n) is 7.65. The Morgan fingerprint density at radius 3 is 2.78 bits per heavy atom. The van der Waals surface area contributed by atoms with Crippen LogP contribution in [-0.4, -0.2) is 53.3 Å². The molecule has 0 aromatic rings. The molecular formula is C19H28N2O5S. The molecule has 1 unspecified atom stereocenters. The van der Waals surface area contributed by atoms with Gasteiger partial charge in [0.05, 0.1) is 25.1 Å². The Balaban J connectivity index is 1.21. The van der Waals surface area contributed by atoms with E-state index in [0.717, 1.165) is 25.0 Å². The second-order valence-corrected chi connectivity index (χ2v) is 8.92. The molecule has 2 heterocycles. The summed E-state index contributed by atoms with van der Waals surface area (Å²) in [6.07, 6.45) is 5.71. The van der Waals surface area contributed by atoms with Gasteiger partial charge in [-0.1, -0.05) is 6.42 Å². The number of amides is 2. The molecule has 0 spiro atoms. The highest BCUT2D eigenvalue weighted by Gasteiger charge is 2.42. The highest BCUT2D eigenvalue weighted by Crippen LogP contribution is 2.33. The molecule has 0 aromatic heterocycles. The molecule has 150 valence electrons. The van der Waals surface area contributed by atoms with Crippen molar-refractivity contribution in [2.24, 2.45) is 5.92 Å². The van der Waals surface area contributed by atoms with Crippen LogP contribution in [0.25, 0.3) is 0 Å². The van der Waals surface area contributed by atoms with Crippen LogP contribution in [0.4, 0.5) is 4.79 Å². The summed E-state index contributed by atoms with van der Waals surface area (Å²) in [6, 6.07) is 0.388. The zero-order valence-corrected chi connectivity index (χ0v) is 16.4. The summed E-state index contributed by atoms with van der Waals surface area (Å²) in [7, 11) is 0. The highest BCUT2D eigenvalue weighted by molar-refractivity contribution is 8.00. The number of ether oxygens (including phenoxy) is 1. The maximum absolute atomic E-state index is 11.8. The lowest BCUT2D eigenvalue weighted by Gasteiger charge is -2.19. The molecule has 8 heteroatoms. The third-order valence-corrected chi connectivity index (χ3v) is 7.12. The van der Waals surface area contributed by atoms with E-state index in [2.05, 4.69) is 10.6 Å². The number of Topliss-reactive ketones (excluding diaryl/α,β-unsaturated/α-hetero) is 2. The number of thioether (sulfide) groups is 1. The van der Waals surface area contributed by atoms with E-state index in [1.165, 1.54) is 0 Å². The summed E-state index contributed by atoms with van der Waals surface area (Å²) >= 11 is 1.88. The molecule has 0 bridgehead atoms. The summed E-state index contributed by atoms with van der Waals surface area (Å²) < 4.78 is 5.26. The van der Waals surface area contributed by atoms with Gasteiger partial charge in [0.2, 0.25) is 0 Å². The number of urea groups is 1. The van der Waals surface area contributed by atoms with Crippen LogP contribution in [0.2, 0.25) is 0 Å². The zero-order valence-electron chi connectivity index (χ0n) is 15.5. The van der Waals surface area contributed by atoms with Gasteiger partial charge in [-0.3, -0.25) is 14.4 Å². The van der Waals surface area contributed by atoms with Crippen molar-refractivity contribution in [3.05, 3.63) is 0 Å². The van der Waals surface area contributed by atoms with Gasteiger partial charge >= 0.3 is 12.0 Å². The molecule has 2 N–H and O–H groups in total. The average molecular weight is 397 g/mol. The topological polar surface area (TPSA) is 102 Å². The third-order valence-electron chi connectivity index (χ3n) is 5.62. The fourth-order valence-electron chi connectivity index (χ4n) is 4.07. The van der Waals surface area contributed by atoms with Crippen LogP contribution >= 0.6 is 11.8 Å². The average Bonchev–Trinajstić information content (AvgIpc) is 3.16. The Hall–Kier alpha value is -1.57. The van der Waals surface area contributed by atoms with E-state index < -0.39 is 0 Å². The summed E-state index contributed by atoms with van der Waals surface area (Å²) in [5.74, 6) is 0.806. The van der Waals surface area contributed by atoms with Crippen LogP contribution in [0.5, 0.6) is 0 Å². The first-order chi connectivity index (χ1) is 13.0. The predicted molar refractivity (Wildman–Crippen MR) is 102 cm³/mol. The molecule has 3 fully saturated rings. The van der Waals surface area contributed by atoms with Crippen LogP contribution in [0, 0.1) is 5.92 Å². The lowest BCUT2D eigenvalue weighted by atomic mass is 9.84. The highest BCUT2D eigenvalue weighted by atomic mass is 32.2. The summed E-state index contributed by atoms with van der Waals surface area (Å²) in [6.45, 7) is 0.344. The standard InChI is InChI=1S/C19H28N2O5S/c22-13-8-7-12(15(23)10-13)4-3-9-26-17(24)6-2-1-5-16-18-14(11-27-16)20-19(25)21-18/h12,14,16,18H,1-11H2,(H2,20,21,25)/t12?,14-,16-,18-/m0/s1. The molecule has 0 aromatic carbocycles. The third kappa shape index (κ3) is 5.70. The summed E-state index contributed by atoms with van der Waals surface area (Å²) in [5.41, 5.74) is 0. The normalized spacial score (nSPS) is 30.0. The quantitative estimate of drug-likeness (QED) is 0.267. The number of carbonyl (C=O) groups is 4. The van der Waals surface area contributed by atoms with Gasteiger partial charge in [-0.2, -0.15) is 11.8 Å². The molecule has 4 atom stereocenters. The number of rotatable bonds is 9. The Morgan fingerprint density at radius 1 is 1.11 bits per heavy atom. The first-order valence-corrected chi connectivity index (χ1v) is 11.0. The number of carbonyl (C=O) groups excluding carboxylic acids is 4. The van der Waals surface area contributed by atoms with Crippen LogP contribution in [0.15, 0.2) is 0 Å². The van der Waals surface area contributed by atoms with Gasteiger partial charge in [-0.25, -0.2) is 4.79 Å². The number of fused-ring (bicyclic) bond motifs is 1. The number of hydrogen-bond donors (Lipinski definition) is 2. The Bertz CT molecular complexity index is 597. The van der Waals surface area contributed by atoms with Crippen LogP contribution in [0.3, 0.4) is 0 Å². The van der Waals surface area contributed by atoms with Crippen molar-refractivity contribution in [1.82, 2.24) is 10.6 Å². The van der Waals surface area contributed by atoms with E-state index in [4.69, 9.17) is 4.74 Å². The van der Waals surface area contributed by atoms with E-state index in [1.807, 2.05) is 11.8 Å². The van der Waals surface area contributed by atoms with Gasteiger partial charge in [0.1, 0.15) is 11.6 Å². The largest absolute Gasteiger partial charge is 0.466 e. The predicted octanol–water partition coefficient (Wildman–Crippen LogP) is 1.97. The molecule has 2 aliphatic heterocycles. The molecule has 3 aliphatic rings. The van der Waals surface area contributed by atoms with Gasteiger partial charge in [-0.15, -0.1) is 0 Å². The van der Waals surface area contributed by atoms with Gasteiger partial charge in [0.25, 0.3) is 0 Å². The van der Waals surface area contributed by atoms with Crippen molar-refractivity contribution in [1.29, 1.82) is 0 Å². The summed E-state index contributed by atoms with van der Waals surface area (Å²) in [5, 5.41) is 6.33. The van der Waals surface area contributed by atoms with Crippen molar-refractivity contribution in [3.63, 3.8) is 0 Å². The minimum atomic E-state index is -0.187. The number of unbranched alkanes of at least 4 members (excludes halogenated alkanes) is 1. The van der Waals surface area contributed by atoms with E-state index in [1.54, 1.807) is 0 Å². The molecule has 3 rings (SSSR count). The second kappa shape index (κ2) is 9.57. The smallest absolute Gasteiger partial charge is 0.315 e. The maximum atomic E-state index is 11.8. The minimum absolute atomic E-state index is 0.0400. The van der Waals surface area contributed by atoms with Crippen molar-refractivity contribution in [2.75, 3.05) is 12.4 Å². The molecule has 2 saturated heterocycles. The van der Waals surface area contributed by atoms with Crippen LogP contribution in [-0.2, 0) is 19.1 Å². The van der Waals surface area contributed by atoms with E-state index in [9.17, 15) is 19.2 Å². The zero-order chi connectivity index (χ0) is 19.2. The molecule has 1 aliphatic carbocycles. The molecule has 27 heavy (non-hydrogen) atoms. The Labute approximate surface area is 163 Å². The fraction of sp³-hybridized carbons (Fsp3) is 0.789. The molecule has 0 radical (unpaired) electrons. The van der Waals surface area contributed by atoms with E-state index in [-0.39, 0.29) is 48.0 Å². The van der Waals surface area contributed by atoms with Crippen molar-refractivity contribution >= 4 is 35.3 Å². The van der Waals surface area contributed by atoms with Gasteiger partial charge < -0.3 is 15.4 Å². The minimum Gasteiger partial charge on any atom is -0.466 e. The lowest BCUT2D eigenvalue weighted by molar-refractivity contribution is -0.143. The Morgan fingerprint density at radius 2 is 1.96 bits per heavy atom. The van der Waals surface area contributed by atoms with Crippen LogP contribution < -0.4 is 10.6 Å². The first kappa shape index (κ1) is 20.2. The fourth-order valence-corrected chi connectivity index (χ4v) is 5.62. The van der Waals surface area contributed by atoms with Gasteiger partial charge in [0, 0.05) is 29.8 Å². The lowest BCUT2D eigenvalue weighted by Crippen LogP contribution is -2.36. The molecular weight excluding hydrogens is 368 g/mol. The monoisotopic (exact) mass is 396 g/mol. The SMILES string of the molecule is O=C1CCC(CCCOC(=O)CCCC[C@@H]2SC[C@@H]3NC(=O)N[C@@H]32)C(=O)C1. The number of ketones is 2. The van der Waals surface area contributed by atoms with Crippen LogP contribution in [0.1, 0.15) is 57.8 Å². The summed E-state index contributed by atoms with van der Waals surface area (Å²) in [4.78, 5) is 46.1. The molecule has 2 amide bonds. The molecule has 7 nitrogen and oxygen atoms in total. The van der Waals surface area contributed by atoms with Crippen molar-refractivity contribution in [2.45, 2.75) is 75.1 Å². The van der Waals surface area contributed by atoms with Crippen molar-refractivity contribution in [3.8, 4) is 0 Å². The van der Waals surface area contributed by atoms with Gasteiger partial charge in [0.15, 0.2) is 0 Å². The van der Waals surface area contributed by atoms with Gasteiger partial charge in [-0.05, 0) is 32.1 Å². The number of esters is 1. The Kier molecular flexibility index (Phi) is 7.15. The maximum Gasteiger partial charge on any atom is 0.315 e. The van der Waals surface area contributed by atoms with Crippen molar-refractivity contribution < 1.29 is 23.9 Å². The first-order valence-electron chi connectivity index (χ1n) is 9.91. The number of nitrogens with one attached hydrogen (secondary N) is 2. The van der Waals surface area contributed by atoms with E-state index >= 15 is 0 Å². The van der Waals surface area contributed by atoms with E-state index in [0.29, 0.717) is 44.0 Å². The number of hydrogen-bond acceptors (Lipinski definition) is 6. The molecule has 1 saturated carbocycles.